The highest BCUT2D eigenvalue weighted by Crippen LogP contribution is 1.97. The van der Waals surface area contributed by atoms with Crippen molar-refractivity contribution in [3.63, 3.8) is 0 Å². The van der Waals surface area contributed by atoms with Crippen molar-refractivity contribution in [3.8, 4) is 0 Å². The van der Waals surface area contributed by atoms with Crippen molar-refractivity contribution in [1.82, 2.24) is 10.2 Å². The summed E-state index contributed by atoms with van der Waals surface area (Å²) in [4.78, 5) is 13.9. The zero-order valence-electron chi connectivity index (χ0n) is 12.3. The highest BCUT2D eigenvalue weighted by atomic mass is 16.5. The third kappa shape index (κ3) is 7.23. The van der Waals surface area contributed by atoms with Gasteiger partial charge in [-0.15, -0.1) is 0 Å². The van der Waals surface area contributed by atoms with Gasteiger partial charge in [0.25, 0.3) is 0 Å². The third-order valence-corrected chi connectivity index (χ3v) is 2.92. The first-order valence-electron chi connectivity index (χ1n) is 6.77. The van der Waals surface area contributed by atoms with E-state index in [1.165, 1.54) is 0 Å². The number of nitrogens with one attached hydrogen (secondary N) is 1. The van der Waals surface area contributed by atoms with E-state index < -0.39 is 0 Å². The predicted molar refractivity (Wildman–Crippen MR) is 78.5 cm³/mol. The molecule has 0 aliphatic carbocycles. The van der Waals surface area contributed by atoms with Crippen LogP contribution in [0.15, 0.2) is 30.3 Å². The number of amides is 1. The first kappa shape index (κ1) is 16.6. The van der Waals surface area contributed by atoms with Crippen molar-refractivity contribution in [3.05, 3.63) is 35.9 Å². The molecule has 0 unspecified atom stereocenters. The molecule has 5 heteroatoms. The van der Waals surface area contributed by atoms with Gasteiger partial charge in [-0.3, -0.25) is 9.69 Å². The molecule has 0 saturated carbocycles. The highest BCUT2D eigenvalue weighted by Gasteiger charge is 2.10. The Bertz CT molecular complexity index is 363. The summed E-state index contributed by atoms with van der Waals surface area (Å²) in [6.45, 7) is 3.57. The van der Waals surface area contributed by atoms with Crippen molar-refractivity contribution in [2.45, 2.75) is 6.54 Å². The molecule has 0 radical (unpaired) electrons. The number of methoxy groups -OCH3 is 2. The van der Waals surface area contributed by atoms with Gasteiger partial charge in [0.1, 0.15) is 0 Å². The summed E-state index contributed by atoms with van der Waals surface area (Å²) in [5.74, 6) is 0.0149. The number of rotatable bonds is 10. The molecule has 1 rings (SSSR count). The highest BCUT2D eigenvalue weighted by molar-refractivity contribution is 5.78. The number of hydrogen-bond donors (Lipinski definition) is 1. The maximum Gasteiger partial charge on any atom is 0.234 e. The Kier molecular flexibility index (Phi) is 8.62. The zero-order valence-corrected chi connectivity index (χ0v) is 12.3. The second-order valence-corrected chi connectivity index (χ2v) is 4.52. The fourth-order valence-electron chi connectivity index (χ4n) is 1.77. The standard InChI is InChI=1S/C15H24N2O3/c1-19-10-8-17(9-11-20-2)13-15(18)16-12-14-6-4-3-5-7-14/h3-7H,8-13H2,1-2H3,(H,16,18). The minimum Gasteiger partial charge on any atom is -0.383 e. The van der Waals surface area contributed by atoms with Crippen molar-refractivity contribution >= 4 is 5.91 Å². The molecule has 20 heavy (non-hydrogen) atoms. The summed E-state index contributed by atoms with van der Waals surface area (Å²) in [7, 11) is 3.31. The molecule has 0 saturated heterocycles. The SMILES string of the molecule is COCCN(CCOC)CC(=O)NCc1ccccc1. The molecule has 1 amide bonds. The second kappa shape index (κ2) is 10.4. The molecule has 0 fully saturated rings. The van der Waals surface area contributed by atoms with Gasteiger partial charge in [-0.2, -0.15) is 0 Å². The van der Waals surface area contributed by atoms with Crippen LogP contribution < -0.4 is 5.32 Å². The molecule has 0 atom stereocenters. The number of hydrogen-bond acceptors (Lipinski definition) is 4. The molecular weight excluding hydrogens is 256 g/mol. The molecule has 1 aromatic carbocycles. The molecule has 1 N–H and O–H groups in total. The topological polar surface area (TPSA) is 50.8 Å². The van der Waals surface area contributed by atoms with E-state index >= 15 is 0 Å². The summed E-state index contributed by atoms with van der Waals surface area (Å²) in [5.41, 5.74) is 1.10. The lowest BCUT2D eigenvalue weighted by molar-refractivity contribution is -0.122. The van der Waals surface area contributed by atoms with E-state index in [1.807, 2.05) is 35.2 Å². The van der Waals surface area contributed by atoms with Gasteiger partial charge in [-0.05, 0) is 5.56 Å². The Balaban J connectivity index is 2.32. The Labute approximate surface area is 120 Å². The number of benzene rings is 1. The van der Waals surface area contributed by atoms with Crippen LogP contribution in [0, 0.1) is 0 Å². The summed E-state index contributed by atoms with van der Waals surface area (Å²) in [6.07, 6.45) is 0. The molecule has 112 valence electrons. The van der Waals surface area contributed by atoms with Gasteiger partial charge < -0.3 is 14.8 Å². The number of carbonyl (C=O) groups is 1. The Hall–Kier alpha value is -1.43. The average Bonchev–Trinajstić information content (AvgIpc) is 2.49. The first-order valence-corrected chi connectivity index (χ1v) is 6.77. The van der Waals surface area contributed by atoms with Crippen molar-refractivity contribution in [2.24, 2.45) is 0 Å². The number of nitrogens with zero attached hydrogens (tertiary/aromatic N) is 1. The number of carbonyl (C=O) groups excluding carboxylic acids is 1. The fraction of sp³-hybridized carbons (Fsp3) is 0.533. The van der Waals surface area contributed by atoms with E-state index in [-0.39, 0.29) is 5.91 Å². The van der Waals surface area contributed by atoms with E-state index in [1.54, 1.807) is 14.2 Å². The minimum atomic E-state index is 0.0149. The predicted octanol–water partition coefficient (Wildman–Crippen LogP) is 0.898. The fourth-order valence-corrected chi connectivity index (χ4v) is 1.77. The lowest BCUT2D eigenvalue weighted by Gasteiger charge is -2.20. The van der Waals surface area contributed by atoms with Crippen LogP contribution in [-0.2, 0) is 20.8 Å². The van der Waals surface area contributed by atoms with E-state index in [0.717, 1.165) is 18.7 Å². The van der Waals surface area contributed by atoms with Crippen LogP contribution in [0.4, 0.5) is 0 Å². The van der Waals surface area contributed by atoms with Gasteiger partial charge >= 0.3 is 0 Å². The molecule has 1 aromatic rings. The van der Waals surface area contributed by atoms with E-state index in [0.29, 0.717) is 26.3 Å². The van der Waals surface area contributed by atoms with Crippen LogP contribution in [0.1, 0.15) is 5.56 Å². The third-order valence-electron chi connectivity index (χ3n) is 2.92. The van der Waals surface area contributed by atoms with Crippen molar-refractivity contribution in [1.29, 1.82) is 0 Å². The van der Waals surface area contributed by atoms with Gasteiger partial charge in [0.05, 0.1) is 19.8 Å². The molecular formula is C15H24N2O3. The first-order chi connectivity index (χ1) is 9.76. The minimum absolute atomic E-state index is 0.0149. The average molecular weight is 280 g/mol. The summed E-state index contributed by atoms with van der Waals surface area (Å²) < 4.78 is 10.1. The van der Waals surface area contributed by atoms with Crippen LogP contribution >= 0.6 is 0 Å². The maximum absolute atomic E-state index is 11.9. The summed E-state index contributed by atoms with van der Waals surface area (Å²) >= 11 is 0. The van der Waals surface area contributed by atoms with Crippen molar-refractivity contribution < 1.29 is 14.3 Å². The molecule has 5 nitrogen and oxygen atoms in total. The molecule has 0 spiro atoms. The van der Waals surface area contributed by atoms with Gasteiger partial charge in [-0.25, -0.2) is 0 Å². The largest absolute Gasteiger partial charge is 0.383 e. The summed E-state index contributed by atoms with van der Waals surface area (Å²) in [5, 5.41) is 2.92. The lowest BCUT2D eigenvalue weighted by atomic mass is 10.2. The smallest absolute Gasteiger partial charge is 0.234 e. The van der Waals surface area contributed by atoms with Gasteiger partial charge in [0, 0.05) is 33.9 Å². The summed E-state index contributed by atoms with van der Waals surface area (Å²) in [6, 6.07) is 9.88. The Morgan fingerprint density at radius 3 is 2.25 bits per heavy atom. The van der Waals surface area contributed by atoms with Gasteiger partial charge in [0.2, 0.25) is 5.91 Å². The van der Waals surface area contributed by atoms with Crippen LogP contribution in [0.25, 0.3) is 0 Å². The molecule has 0 aliphatic heterocycles. The van der Waals surface area contributed by atoms with Crippen molar-refractivity contribution in [2.75, 3.05) is 47.1 Å². The molecule has 0 heterocycles. The zero-order chi connectivity index (χ0) is 14.6. The monoisotopic (exact) mass is 280 g/mol. The quantitative estimate of drug-likeness (QED) is 0.692. The van der Waals surface area contributed by atoms with E-state index in [9.17, 15) is 4.79 Å². The van der Waals surface area contributed by atoms with Crippen LogP contribution in [0.5, 0.6) is 0 Å². The molecule has 0 bridgehead atoms. The van der Waals surface area contributed by atoms with Crippen LogP contribution in [0.2, 0.25) is 0 Å². The molecule has 0 aromatic heterocycles. The number of ether oxygens (including phenoxy) is 2. The second-order valence-electron chi connectivity index (χ2n) is 4.52. The van der Waals surface area contributed by atoms with E-state index in [4.69, 9.17) is 9.47 Å². The van der Waals surface area contributed by atoms with Crippen LogP contribution in [-0.4, -0.2) is 57.9 Å². The maximum atomic E-state index is 11.9. The molecule has 0 aliphatic rings. The normalized spacial score (nSPS) is 10.8. The Morgan fingerprint density at radius 1 is 1.10 bits per heavy atom. The Morgan fingerprint density at radius 2 is 1.70 bits per heavy atom. The lowest BCUT2D eigenvalue weighted by Crippen LogP contribution is -2.40. The van der Waals surface area contributed by atoms with Crippen LogP contribution in [0.3, 0.4) is 0 Å². The van der Waals surface area contributed by atoms with Gasteiger partial charge in [0.15, 0.2) is 0 Å². The van der Waals surface area contributed by atoms with Gasteiger partial charge in [-0.1, -0.05) is 30.3 Å². The van der Waals surface area contributed by atoms with E-state index in [2.05, 4.69) is 5.32 Å².